The van der Waals surface area contributed by atoms with Gasteiger partial charge in [0.05, 0.1) is 11.0 Å². The Hall–Kier alpha value is -4.26. The van der Waals surface area contributed by atoms with Crippen molar-refractivity contribution in [2.75, 3.05) is 5.32 Å². The first-order valence-corrected chi connectivity index (χ1v) is 9.62. The Morgan fingerprint density at radius 2 is 1.58 bits per heavy atom. The Bertz CT molecular complexity index is 1090. The van der Waals surface area contributed by atoms with Crippen LogP contribution in [0.25, 0.3) is 6.08 Å². The van der Waals surface area contributed by atoms with Gasteiger partial charge in [0.15, 0.2) is 0 Å². The Morgan fingerprint density at radius 3 is 2.19 bits per heavy atom. The molecule has 0 heterocycles. The lowest BCUT2D eigenvalue weighted by Crippen LogP contribution is -2.26. The summed E-state index contributed by atoms with van der Waals surface area (Å²) in [5.74, 6) is -0.555. The number of hydrogen-bond donors (Lipinski definition) is 2. The van der Waals surface area contributed by atoms with Crippen molar-refractivity contribution in [2.45, 2.75) is 13.0 Å². The molecule has 0 spiro atoms. The summed E-state index contributed by atoms with van der Waals surface area (Å²) < 4.78 is 0. The number of hydrogen-bond acceptors (Lipinski definition) is 4. The molecule has 0 saturated carbocycles. The molecule has 1 unspecified atom stereocenters. The van der Waals surface area contributed by atoms with Crippen molar-refractivity contribution in [3.8, 4) is 0 Å². The van der Waals surface area contributed by atoms with Gasteiger partial charge in [-0.15, -0.1) is 0 Å². The Kier molecular flexibility index (Phi) is 6.90. The van der Waals surface area contributed by atoms with Gasteiger partial charge in [-0.05, 0) is 60.5 Å². The summed E-state index contributed by atoms with van der Waals surface area (Å²) in [6, 6.07) is 22.0. The van der Waals surface area contributed by atoms with Gasteiger partial charge >= 0.3 is 0 Å². The van der Waals surface area contributed by atoms with Crippen LogP contribution in [0, 0.1) is 10.1 Å². The van der Waals surface area contributed by atoms with Crippen LogP contribution in [0.3, 0.4) is 0 Å². The normalized spacial score (nSPS) is 11.6. The number of nitro groups is 1. The summed E-state index contributed by atoms with van der Waals surface area (Å²) in [7, 11) is 0. The molecule has 0 saturated heterocycles. The monoisotopic (exact) mass is 415 g/mol. The van der Waals surface area contributed by atoms with Gasteiger partial charge in [0.1, 0.15) is 0 Å². The van der Waals surface area contributed by atoms with Crippen LogP contribution in [0.4, 0.5) is 11.4 Å². The Morgan fingerprint density at radius 1 is 0.935 bits per heavy atom. The molecular formula is C24H21N3O4. The maximum atomic E-state index is 12.4. The summed E-state index contributed by atoms with van der Waals surface area (Å²) >= 11 is 0. The minimum absolute atomic E-state index is 0.0103. The fourth-order valence-corrected chi connectivity index (χ4v) is 2.87. The summed E-state index contributed by atoms with van der Waals surface area (Å²) in [4.78, 5) is 34.7. The molecule has 0 bridgehead atoms. The first-order valence-electron chi connectivity index (χ1n) is 9.62. The summed E-state index contributed by atoms with van der Waals surface area (Å²) in [6.45, 7) is 1.92. The van der Waals surface area contributed by atoms with Crippen molar-refractivity contribution >= 4 is 29.3 Å². The highest BCUT2D eigenvalue weighted by Gasteiger charge is 2.11. The molecule has 1 atom stereocenters. The number of rotatable bonds is 7. The minimum atomic E-state index is -0.480. The zero-order valence-electron chi connectivity index (χ0n) is 16.8. The van der Waals surface area contributed by atoms with E-state index in [4.69, 9.17) is 0 Å². The third-order valence-corrected chi connectivity index (χ3v) is 4.59. The zero-order valence-corrected chi connectivity index (χ0v) is 16.8. The lowest BCUT2D eigenvalue weighted by atomic mass is 10.1. The maximum Gasteiger partial charge on any atom is 0.269 e. The van der Waals surface area contributed by atoms with Gasteiger partial charge < -0.3 is 10.6 Å². The molecule has 7 heteroatoms. The van der Waals surface area contributed by atoms with Crippen molar-refractivity contribution in [1.82, 2.24) is 5.32 Å². The van der Waals surface area contributed by atoms with Crippen LogP contribution in [0.5, 0.6) is 0 Å². The number of non-ortho nitro benzene ring substituents is 1. The quantitative estimate of drug-likeness (QED) is 0.331. The van der Waals surface area contributed by atoms with E-state index >= 15 is 0 Å². The van der Waals surface area contributed by atoms with Crippen molar-refractivity contribution in [2.24, 2.45) is 0 Å². The molecule has 7 nitrogen and oxygen atoms in total. The zero-order chi connectivity index (χ0) is 22.2. The second kappa shape index (κ2) is 9.98. The van der Waals surface area contributed by atoms with E-state index in [1.807, 2.05) is 37.3 Å². The number of nitrogens with one attached hydrogen (secondary N) is 2. The average Bonchev–Trinajstić information content (AvgIpc) is 2.79. The van der Waals surface area contributed by atoms with Gasteiger partial charge in [-0.25, -0.2) is 0 Å². The van der Waals surface area contributed by atoms with Crippen LogP contribution in [0.1, 0.15) is 34.5 Å². The molecule has 0 aliphatic heterocycles. The van der Waals surface area contributed by atoms with Crippen LogP contribution < -0.4 is 10.6 Å². The molecular weight excluding hydrogens is 394 g/mol. The summed E-state index contributed by atoms with van der Waals surface area (Å²) in [6.07, 6.45) is 2.90. The molecule has 0 aliphatic rings. The van der Waals surface area contributed by atoms with Gasteiger partial charge in [0.2, 0.25) is 5.91 Å². The highest BCUT2D eigenvalue weighted by Crippen LogP contribution is 2.15. The number of nitro benzene ring substituents is 1. The molecule has 2 N–H and O–H groups in total. The smallest absolute Gasteiger partial charge is 0.269 e. The SMILES string of the molecule is CC(NC(=O)c1ccc(NC(=O)/C=C/c2ccc([N+](=O)[O-])cc2)cc1)c1ccccc1. The lowest BCUT2D eigenvalue weighted by molar-refractivity contribution is -0.384. The van der Waals surface area contributed by atoms with Crippen molar-refractivity contribution < 1.29 is 14.5 Å². The van der Waals surface area contributed by atoms with Crippen molar-refractivity contribution in [3.63, 3.8) is 0 Å². The highest BCUT2D eigenvalue weighted by molar-refractivity contribution is 6.02. The topological polar surface area (TPSA) is 101 Å². The predicted molar refractivity (Wildman–Crippen MR) is 120 cm³/mol. The average molecular weight is 415 g/mol. The third kappa shape index (κ3) is 6.11. The van der Waals surface area contributed by atoms with Gasteiger partial charge in [0, 0.05) is 29.5 Å². The molecule has 0 fully saturated rings. The number of carbonyl (C=O) groups is 2. The number of benzene rings is 3. The third-order valence-electron chi connectivity index (χ3n) is 4.59. The van der Waals surface area contributed by atoms with Gasteiger partial charge in [-0.2, -0.15) is 0 Å². The van der Waals surface area contributed by atoms with E-state index in [9.17, 15) is 19.7 Å². The van der Waals surface area contributed by atoms with Gasteiger partial charge in [0.25, 0.3) is 11.6 Å². The van der Waals surface area contributed by atoms with Crippen LogP contribution in [-0.2, 0) is 4.79 Å². The fourth-order valence-electron chi connectivity index (χ4n) is 2.87. The summed E-state index contributed by atoms with van der Waals surface area (Å²) in [5.41, 5.74) is 2.71. The fraction of sp³-hybridized carbons (Fsp3) is 0.0833. The molecule has 3 rings (SSSR count). The van der Waals surface area contributed by atoms with Crippen molar-refractivity contribution in [3.05, 3.63) is 112 Å². The molecule has 2 amide bonds. The first kappa shape index (κ1) is 21.4. The van der Waals surface area contributed by atoms with E-state index in [0.29, 0.717) is 16.8 Å². The van der Waals surface area contributed by atoms with E-state index in [2.05, 4.69) is 10.6 Å². The number of carbonyl (C=O) groups excluding carboxylic acids is 2. The minimum Gasteiger partial charge on any atom is -0.346 e. The standard InChI is InChI=1S/C24H21N3O4/c1-17(19-5-3-2-4-6-19)25-24(29)20-10-12-21(13-11-20)26-23(28)16-9-18-7-14-22(15-8-18)27(30)31/h2-17H,1H3,(H,25,29)(H,26,28)/b16-9+. The van der Waals surface area contributed by atoms with Crippen LogP contribution in [-0.4, -0.2) is 16.7 Å². The molecule has 3 aromatic rings. The number of amides is 2. The lowest BCUT2D eigenvalue weighted by Gasteiger charge is -2.14. The predicted octanol–water partition coefficient (Wildman–Crippen LogP) is 4.74. The summed E-state index contributed by atoms with van der Waals surface area (Å²) in [5, 5.41) is 16.3. The van der Waals surface area contributed by atoms with Crippen molar-refractivity contribution in [1.29, 1.82) is 0 Å². The number of anilines is 1. The van der Waals surface area contributed by atoms with Gasteiger partial charge in [-0.3, -0.25) is 19.7 Å². The second-order valence-corrected chi connectivity index (χ2v) is 6.85. The van der Waals surface area contributed by atoms with E-state index in [0.717, 1.165) is 5.56 Å². The Labute approximate surface area is 179 Å². The molecule has 156 valence electrons. The largest absolute Gasteiger partial charge is 0.346 e. The van der Waals surface area contributed by atoms with E-state index < -0.39 is 4.92 Å². The van der Waals surface area contributed by atoms with Crippen LogP contribution in [0.15, 0.2) is 84.9 Å². The molecule has 0 aliphatic carbocycles. The molecule has 0 radical (unpaired) electrons. The van der Waals surface area contributed by atoms with Gasteiger partial charge in [-0.1, -0.05) is 30.3 Å². The second-order valence-electron chi connectivity index (χ2n) is 6.85. The van der Waals surface area contributed by atoms with Crippen LogP contribution >= 0.6 is 0 Å². The van der Waals surface area contributed by atoms with E-state index in [1.165, 1.54) is 18.2 Å². The molecule has 0 aromatic heterocycles. The highest BCUT2D eigenvalue weighted by atomic mass is 16.6. The van der Waals surface area contributed by atoms with E-state index in [-0.39, 0.29) is 23.5 Å². The van der Waals surface area contributed by atoms with Crippen LogP contribution in [0.2, 0.25) is 0 Å². The molecule has 31 heavy (non-hydrogen) atoms. The molecule has 3 aromatic carbocycles. The first-order chi connectivity index (χ1) is 14.9. The Balaban J connectivity index is 1.55. The van der Waals surface area contributed by atoms with E-state index in [1.54, 1.807) is 42.5 Å². The number of nitrogens with zero attached hydrogens (tertiary/aromatic N) is 1. The maximum absolute atomic E-state index is 12.4.